The van der Waals surface area contributed by atoms with Crippen LogP contribution in [0.5, 0.6) is 0 Å². The zero-order valence-electron chi connectivity index (χ0n) is 14.9. The van der Waals surface area contributed by atoms with Crippen molar-refractivity contribution in [1.29, 1.82) is 0 Å². The van der Waals surface area contributed by atoms with Crippen molar-refractivity contribution in [1.82, 2.24) is 5.32 Å². The molecule has 0 saturated heterocycles. The molecule has 0 aromatic heterocycles. The fraction of sp³-hybridized carbons (Fsp3) is 0.600. The van der Waals surface area contributed by atoms with Crippen molar-refractivity contribution >= 4 is 17.7 Å². The van der Waals surface area contributed by atoms with Crippen molar-refractivity contribution in [3.05, 3.63) is 29.8 Å². The van der Waals surface area contributed by atoms with E-state index in [2.05, 4.69) is 10.6 Å². The third-order valence-corrected chi connectivity index (χ3v) is 6.33. The van der Waals surface area contributed by atoms with E-state index in [1.54, 1.807) is 0 Å². The van der Waals surface area contributed by atoms with Gasteiger partial charge in [-0.2, -0.15) is 0 Å². The van der Waals surface area contributed by atoms with Gasteiger partial charge in [0.25, 0.3) is 0 Å². The van der Waals surface area contributed by atoms with E-state index in [0.29, 0.717) is 18.3 Å². The maximum Gasteiger partial charge on any atom is 0.319 e. The number of rotatable bonds is 3. The van der Waals surface area contributed by atoms with Crippen LogP contribution in [-0.2, 0) is 9.53 Å². The van der Waals surface area contributed by atoms with Gasteiger partial charge in [0.15, 0.2) is 0 Å². The summed E-state index contributed by atoms with van der Waals surface area (Å²) in [5, 5.41) is 6.19. The molecule has 0 heterocycles. The maximum absolute atomic E-state index is 12.6. The molecule has 4 aliphatic rings. The number of urea groups is 1. The Bertz CT molecular complexity index is 701. The third-order valence-electron chi connectivity index (χ3n) is 6.33. The van der Waals surface area contributed by atoms with Crippen molar-refractivity contribution in [3.63, 3.8) is 0 Å². The van der Waals surface area contributed by atoms with Crippen molar-refractivity contribution in [2.24, 2.45) is 17.3 Å². The van der Waals surface area contributed by atoms with Gasteiger partial charge in [0, 0.05) is 11.2 Å². The number of anilines is 1. The minimum atomic E-state index is -0.393. The van der Waals surface area contributed by atoms with E-state index in [9.17, 15) is 9.59 Å². The molecule has 4 saturated carbocycles. The van der Waals surface area contributed by atoms with E-state index in [1.807, 2.05) is 31.2 Å². The molecule has 134 valence electrons. The zero-order valence-corrected chi connectivity index (χ0v) is 14.9. The van der Waals surface area contributed by atoms with E-state index in [1.165, 1.54) is 13.5 Å². The summed E-state index contributed by atoms with van der Waals surface area (Å²) in [6.45, 7) is 2.00. The molecule has 25 heavy (non-hydrogen) atoms. The predicted octanol–water partition coefficient (Wildman–Crippen LogP) is 3.63. The molecule has 2 N–H and O–H groups in total. The minimum absolute atomic E-state index is 0.0909. The van der Waals surface area contributed by atoms with Crippen LogP contribution < -0.4 is 10.6 Å². The Morgan fingerprint density at radius 2 is 1.88 bits per heavy atom. The van der Waals surface area contributed by atoms with Crippen molar-refractivity contribution < 1.29 is 14.3 Å². The Labute approximate surface area is 148 Å². The summed E-state index contributed by atoms with van der Waals surface area (Å²) in [5.41, 5.74) is 1.24. The van der Waals surface area contributed by atoms with E-state index in [-0.39, 0.29) is 17.5 Å². The summed E-state index contributed by atoms with van der Waals surface area (Å²) in [5.74, 6) is 0.936. The second-order valence-corrected chi connectivity index (χ2v) is 8.46. The van der Waals surface area contributed by atoms with Crippen LogP contribution in [0.4, 0.5) is 10.5 Å². The van der Waals surface area contributed by atoms with Crippen LogP contribution in [0.1, 0.15) is 44.1 Å². The van der Waals surface area contributed by atoms with Crippen LogP contribution in [0.2, 0.25) is 0 Å². The Morgan fingerprint density at radius 1 is 1.16 bits per heavy atom. The van der Waals surface area contributed by atoms with Crippen molar-refractivity contribution in [2.75, 3.05) is 12.4 Å². The third kappa shape index (κ3) is 2.90. The van der Waals surface area contributed by atoms with Gasteiger partial charge in [0.2, 0.25) is 0 Å². The number of benzene rings is 1. The number of aryl methyl sites for hydroxylation is 1. The smallest absolute Gasteiger partial charge is 0.319 e. The Balaban J connectivity index is 1.51. The van der Waals surface area contributed by atoms with Crippen LogP contribution in [0.25, 0.3) is 0 Å². The minimum Gasteiger partial charge on any atom is -0.469 e. The first-order chi connectivity index (χ1) is 11.9. The summed E-state index contributed by atoms with van der Waals surface area (Å²) in [7, 11) is 1.48. The second-order valence-electron chi connectivity index (χ2n) is 8.46. The molecule has 0 radical (unpaired) electrons. The lowest BCUT2D eigenvalue weighted by Crippen LogP contribution is -2.65. The molecule has 4 bridgehead atoms. The predicted molar refractivity (Wildman–Crippen MR) is 95.2 cm³/mol. The summed E-state index contributed by atoms with van der Waals surface area (Å²) in [6.07, 6.45) is 5.67. The molecule has 0 aliphatic heterocycles. The number of methoxy groups -OCH3 is 1. The SMILES string of the molecule is COC(=O)C12C[C@@H]3C[C@@H](CC(NC(=O)Nc4cccc(C)c4)(C3)C1)C2. The summed E-state index contributed by atoms with van der Waals surface area (Å²) >= 11 is 0. The van der Waals surface area contributed by atoms with E-state index >= 15 is 0 Å². The van der Waals surface area contributed by atoms with Crippen LogP contribution in [-0.4, -0.2) is 24.6 Å². The van der Waals surface area contributed by atoms with Gasteiger partial charge in [0.05, 0.1) is 12.5 Å². The molecule has 2 amide bonds. The normalized spacial score (nSPS) is 35.3. The summed E-state index contributed by atoms with van der Waals surface area (Å²) in [6, 6.07) is 7.61. The van der Waals surface area contributed by atoms with E-state index < -0.39 is 5.41 Å². The van der Waals surface area contributed by atoms with E-state index in [0.717, 1.165) is 36.9 Å². The highest BCUT2D eigenvalue weighted by Gasteiger charge is 2.61. The maximum atomic E-state index is 12.6. The van der Waals surface area contributed by atoms with Gasteiger partial charge in [-0.1, -0.05) is 12.1 Å². The number of amides is 2. The largest absolute Gasteiger partial charge is 0.469 e. The zero-order chi connectivity index (χ0) is 17.7. The Hall–Kier alpha value is -2.04. The molecule has 5 heteroatoms. The van der Waals surface area contributed by atoms with Gasteiger partial charge in [-0.25, -0.2) is 4.79 Å². The number of carbonyl (C=O) groups excluding carboxylic acids is 2. The molecule has 5 nitrogen and oxygen atoms in total. The first-order valence-corrected chi connectivity index (χ1v) is 9.16. The first-order valence-electron chi connectivity index (χ1n) is 9.16. The topological polar surface area (TPSA) is 67.4 Å². The fourth-order valence-electron chi connectivity index (χ4n) is 5.99. The lowest BCUT2D eigenvalue weighted by Gasteiger charge is -2.60. The van der Waals surface area contributed by atoms with Gasteiger partial charge in [-0.15, -0.1) is 0 Å². The second kappa shape index (κ2) is 5.75. The number of hydrogen-bond donors (Lipinski definition) is 2. The average molecular weight is 342 g/mol. The summed E-state index contributed by atoms with van der Waals surface area (Å²) < 4.78 is 5.13. The molecule has 4 fully saturated rings. The molecule has 4 atom stereocenters. The molecule has 1 aromatic rings. The number of ether oxygens (including phenoxy) is 1. The van der Waals surface area contributed by atoms with Gasteiger partial charge in [-0.3, -0.25) is 4.79 Å². The fourth-order valence-corrected chi connectivity index (χ4v) is 5.99. The van der Waals surface area contributed by atoms with Crippen LogP contribution >= 0.6 is 0 Å². The average Bonchev–Trinajstić information content (AvgIpc) is 2.52. The van der Waals surface area contributed by atoms with Crippen LogP contribution in [0.3, 0.4) is 0 Å². The molecule has 4 aliphatic carbocycles. The lowest BCUT2D eigenvalue weighted by atomic mass is 9.47. The van der Waals surface area contributed by atoms with Crippen molar-refractivity contribution in [3.8, 4) is 0 Å². The first kappa shape index (κ1) is 16.4. The number of nitrogens with one attached hydrogen (secondary N) is 2. The molecule has 0 spiro atoms. The van der Waals surface area contributed by atoms with E-state index in [4.69, 9.17) is 4.74 Å². The Morgan fingerprint density at radius 3 is 2.52 bits per heavy atom. The van der Waals surface area contributed by atoms with Gasteiger partial charge < -0.3 is 15.4 Å². The molecule has 2 unspecified atom stereocenters. The molecular weight excluding hydrogens is 316 g/mol. The number of hydrogen-bond acceptors (Lipinski definition) is 3. The number of esters is 1. The Kier molecular flexibility index (Phi) is 3.78. The lowest BCUT2D eigenvalue weighted by molar-refractivity contribution is -0.171. The monoisotopic (exact) mass is 342 g/mol. The molecule has 1 aromatic carbocycles. The van der Waals surface area contributed by atoms with Gasteiger partial charge in [0.1, 0.15) is 0 Å². The van der Waals surface area contributed by atoms with Gasteiger partial charge >= 0.3 is 12.0 Å². The van der Waals surface area contributed by atoms with Crippen LogP contribution in [0.15, 0.2) is 24.3 Å². The number of carbonyl (C=O) groups is 2. The highest BCUT2D eigenvalue weighted by atomic mass is 16.5. The van der Waals surface area contributed by atoms with Gasteiger partial charge in [-0.05, 0) is 75.0 Å². The highest BCUT2D eigenvalue weighted by molar-refractivity contribution is 5.90. The highest BCUT2D eigenvalue weighted by Crippen LogP contribution is 2.62. The molecular formula is C20H26N2O3. The standard InChI is InChI=1S/C20H26N2O3/c1-13-4-3-5-16(6-13)21-18(24)22-20-10-14-7-15(11-20)9-19(8-14,12-20)17(23)25-2/h3-6,14-15H,7-12H2,1-2H3,(H2,21,22,24)/t14-,15+,19?,20?. The van der Waals surface area contributed by atoms with Crippen molar-refractivity contribution in [2.45, 2.75) is 51.0 Å². The summed E-state index contributed by atoms with van der Waals surface area (Å²) in [4.78, 5) is 25.1. The molecule has 5 rings (SSSR count). The quantitative estimate of drug-likeness (QED) is 0.824. The van der Waals surface area contributed by atoms with Crippen LogP contribution in [0, 0.1) is 24.2 Å².